The third-order valence-corrected chi connectivity index (χ3v) is 6.48. The number of unbranched alkanes of at least 4 members (excludes halogenated alkanes) is 1. The molecule has 0 radical (unpaired) electrons. The average Bonchev–Trinajstić information content (AvgIpc) is 3.17. The standard InChI is InChI=1S/C16H24N2O3S/c19-12-4-3-8-17-11-7-14-5-6-15(13-16(14)17)22(20,21)18-9-1-2-10-18/h5-6,13,19H,1-4,7-12H2. The maximum absolute atomic E-state index is 12.7. The summed E-state index contributed by atoms with van der Waals surface area (Å²) in [6.45, 7) is 3.30. The molecule has 1 fully saturated rings. The molecule has 1 aromatic carbocycles. The first-order valence-corrected chi connectivity index (χ1v) is 9.56. The van der Waals surface area contributed by atoms with Crippen LogP contribution < -0.4 is 4.90 Å². The van der Waals surface area contributed by atoms with Gasteiger partial charge >= 0.3 is 0 Å². The van der Waals surface area contributed by atoms with Crippen molar-refractivity contribution in [2.45, 2.75) is 37.0 Å². The Bertz CT molecular complexity index is 624. The Kier molecular flexibility index (Phi) is 4.70. The van der Waals surface area contributed by atoms with Crippen molar-refractivity contribution < 1.29 is 13.5 Å². The van der Waals surface area contributed by atoms with Crippen molar-refractivity contribution in [1.29, 1.82) is 0 Å². The minimum atomic E-state index is -3.34. The third kappa shape index (κ3) is 3.00. The van der Waals surface area contributed by atoms with E-state index in [0.717, 1.165) is 50.9 Å². The van der Waals surface area contributed by atoms with Crippen molar-refractivity contribution in [3.8, 4) is 0 Å². The molecule has 0 aliphatic carbocycles. The van der Waals surface area contributed by atoms with E-state index in [1.807, 2.05) is 12.1 Å². The van der Waals surface area contributed by atoms with Gasteiger partial charge in [-0.05, 0) is 49.8 Å². The zero-order chi connectivity index (χ0) is 15.6. The highest BCUT2D eigenvalue weighted by Gasteiger charge is 2.29. The van der Waals surface area contributed by atoms with Crippen LogP contribution in [0.1, 0.15) is 31.2 Å². The van der Waals surface area contributed by atoms with Gasteiger partial charge < -0.3 is 10.0 Å². The van der Waals surface area contributed by atoms with Gasteiger partial charge in [0.25, 0.3) is 0 Å². The predicted molar refractivity (Wildman–Crippen MR) is 86.7 cm³/mol. The Labute approximate surface area is 132 Å². The van der Waals surface area contributed by atoms with Crippen molar-refractivity contribution in [2.24, 2.45) is 0 Å². The topological polar surface area (TPSA) is 60.9 Å². The molecular formula is C16H24N2O3S. The van der Waals surface area contributed by atoms with Gasteiger partial charge in [-0.2, -0.15) is 4.31 Å². The van der Waals surface area contributed by atoms with E-state index in [4.69, 9.17) is 5.11 Å². The molecule has 22 heavy (non-hydrogen) atoms. The molecular weight excluding hydrogens is 300 g/mol. The molecule has 5 nitrogen and oxygen atoms in total. The second-order valence-corrected chi connectivity index (χ2v) is 8.01. The quantitative estimate of drug-likeness (QED) is 0.808. The number of fused-ring (bicyclic) bond motifs is 1. The Balaban J connectivity index is 1.82. The van der Waals surface area contributed by atoms with Crippen molar-refractivity contribution in [2.75, 3.05) is 37.7 Å². The highest BCUT2D eigenvalue weighted by atomic mass is 32.2. The zero-order valence-corrected chi connectivity index (χ0v) is 13.7. The molecule has 1 aromatic rings. The molecule has 2 heterocycles. The molecule has 0 spiro atoms. The van der Waals surface area contributed by atoms with Gasteiger partial charge in [0.2, 0.25) is 10.0 Å². The molecule has 1 saturated heterocycles. The number of aliphatic hydroxyl groups excluding tert-OH is 1. The van der Waals surface area contributed by atoms with Crippen LogP contribution in [-0.4, -0.2) is 50.6 Å². The van der Waals surface area contributed by atoms with Crippen LogP contribution in [0.15, 0.2) is 23.1 Å². The Morgan fingerprint density at radius 1 is 1.09 bits per heavy atom. The van der Waals surface area contributed by atoms with E-state index in [1.54, 1.807) is 10.4 Å². The van der Waals surface area contributed by atoms with Crippen LogP contribution in [0.25, 0.3) is 0 Å². The van der Waals surface area contributed by atoms with Gasteiger partial charge in [-0.3, -0.25) is 0 Å². The number of nitrogens with zero attached hydrogens (tertiary/aromatic N) is 2. The fourth-order valence-corrected chi connectivity index (χ4v) is 4.85. The first-order valence-electron chi connectivity index (χ1n) is 8.12. The maximum Gasteiger partial charge on any atom is 0.243 e. The number of sulfonamides is 1. The van der Waals surface area contributed by atoms with Gasteiger partial charge in [-0.25, -0.2) is 8.42 Å². The van der Waals surface area contributed by atoms with E-state index < -0.39 is 10.0 Å². The monoisotopic (exact) mass is 324 g/mol. The largest absolute Gasteiger partial charge is 0.396 e. The second kappa shape index (κ2) is 6.56. The number of rotatable bonds is 6. The van der Waals surface area contributed by atoms with Crippen LogP contribution in [0.3, 0.4) is 0 Å². The fraction of sp³-hybridized carbons (Fsp3) is 0.625. The molecule has 0 aromatic heterocycles. The highest BCUT2D eigenvalue weighted by molar-refractivity contribution is 7.89. The lowest BCUT2D eigenvalue weighted by molar-refractivity contribution is 0.285. The number of anilines is 1. The van der Waals surface area contributed by atoms with Gasteiger partial charge in [0, 0.05) is 38.5 Å². The molecule has 0 saturated carbocycles. The first kappa shape index (κ1) is 15.8. The summed E-state index contributed by atoms with van der Waals surface area (Å²) in [5, 5.41) is 8.90. The zero-order valence-electron chi connectivity index (χ0n) is 12.9. The molecule has 3 rings (SSSR count). The van der Waals surface area contributed by atoms with E-state index in [0.29, 0.717) is 18.0 Å². The Morgan fingerprint density at radius 2 is 1.86 bits per heavy atom. The minimum Gasteiger partial charge on any atom is -0.396 e. The SMILES string of the molecule is O=S(=O)(c1ccc2c(c1)N(CCCCO)CC2)N1CCCC1. The number of benzene rings is 1. The lowest BCUT2D eigenvalue weighted by atomic mass is 10.2. The molecule has 0 bridgehead atoms. The van der Waals surface area contributed by atoms with E-state index >= 15 is 0 Å². The first-order chi connectivity index (χ1) is 10.6. The molecule has 0 amide bonds. The maximum atomic E-state index is 12.7. The van der Waals surface area contributed by atoms with Gasteiger partial charge in [0.15, 0.2) is 0 Å². The van der Waals surface area contributed by atoms with Crippen LogP contribution in [0.5, 0.6) is 0 Å². The molecule has 1 N–H and O–H groups in total. The van der Waals surface area contributed by atoms with Crippen LogP contribution in [-0.2, 0) is 16.4 Å². The van der Waals surface area contributed by atoms with Crippen molar-refractivity contribution in [3.05, 3.63) is 23.8 Å². The van der Waals surface area contributed by atoms with Crippen LogP contribution in [0.2, 0.25) is 0 Å². The van der Waals surface area contributed by atoms with E-state index in [1.165, 1.54) is 5.56 Å². The van der Waals surface area contributed by atoms with Gasteiger partial charge in [-0.15, -0.1) is 0 Å². The summed E-state index contributed by atoms with van der Waals surface area (Å²) >= 11 is 0. The summed E-state index contributed by atoms with van der Waals surface area (Å²) in [7, 11) is -3.34. The van der Waals surface area contributed by atoms with Crippen LogP contribution in [0.4, 0.5) is 5.69 Å². The summed E-state index contributed by atoms with van der Waals surface area (Å²) in [6, 6.07) is 5.56. The van der Waals surface area contributed by atoms with Crippen LogP contribution >= 0.6 is 0 Å². The third-order valence-electron chi connectivity index (χ3n) is 4.59. The second-order valence-electron chi connectivity index (χ2n) is 6.07. The van der Waals surface area contributed by atoms with E-state index in [9.17, 15) is 8.42 Å². The lowest BCUT2D eigenvalue weighted by Gasteiger charge is -2.21. The summed E-state index contributed by atoms with van der Waals surface area (Å²) in [5.74, 6) is 0. The summed E-state index contributed by atoms with van der Waals surface area (Å²) in [6.07, 6.45) is 4.60. The summed E-state index contributed by atoms with van der Waals surface area (Å²) < 4.78 is 26.9. The molecule has 6 heteroatoms. The highest BCUT2D eigenvalue weighted by Crippen LogP contribution is 2.32. The van der Waals surface area contributed by atoms with Crippen molar-refractivity contribution in [3.63, 3.8) is 0 Å². The molecule has 0 atom stereocenters. The normalized spacial score (nSPS) is 18.9. The van der Waals surface area contributed by atoms with Gasteiger partial charge in [0.05, 0.1) is 4.90 Å². The number of hydrogen-bond donors (Lipinski definition) is 1. The molecule has 2 aliphatic heterocycles. The summed E-state index contributed by atoms with van der Waals surface area (Å²) in [4.78, 5) is 2.66. The number of aliphatic hydroxyl groups is 1. The van der Waals surface area contributed by atoms with E-state index in [-0.39, 0.29) is 6.61 Å². The van der Waals surface area contributed by atoms with Crippen molar-refractivity contribution >= 4 is 15.7 Å². The average molecular weight is 324 g/mol. The summed E-state index contributed by atoms with van der Waals surface area (Å²) in [5.41, 5.74) is 2.28. The van der Waals surface area contributed by atoms with Crippen molar-refractivity contribution in [1.82, 2.24) is 4.31 Å². The molecule has 122 valence electrons. The minimum absolute atomic E-state index is 0.212. The van der Waals surface area contributed by atoms with Gasteiger partial charge in [0.1, 0.15) is 0 Å². The lowest BCUT2D eigenvalue weighted by Crippen LogP contribution is -2.28. The van der Waals surface area contributed by atoms with E-state index in [2.05, 4.69) is 4.90 Å². The Morgan fingerprint density at radius 3 is 2.59 bits per heavy atom. The fourth-order valence-electron chi connectivity index (χ4n) is 3.31. The molecule has 2 aliphatic rings. The Hall–Kier alpha value is -1.11. The van der Waals surface area contributed by atoms with Crippen LogP contribution in [0, 0.1) is 0 Å². The molecule has 0 unspecified atom stereocenters. The number of hydrogen-bond acceptors (Lipinski definition) is 4. The predicted octanol–water partition coefficient (Wildman–Crippen LogP) is 1.61. The smallest absolute Gasteiger partial charge is 0.243 e. The van der Waals surface area contributed by atoms with Gasteiger partial charge in [-0.1, -0.05) is 6.07 Å².